The van der Waals surface area contributed by atoms with E-state index in [4.69, 9.17) is 0 Å². The van der Waals surface area contributed by atoms with E-state index in [9.17, 15) is 0 Å². The van der Waals surface area contributed by atoms with Crippen LogP contribution in [0.1, 0.15) is 27.5 Å². The zero-order valence-electron chi connectivity index (χ0n) is 9.19. The monoisotopic (exact) mass is 268 g/mol. The van der Waals surface area contributed by atoms with Gasteiger partial charge in [-0.2, -0.15) is 12.6 Å². The fraction of sp³-hybridized carbons (Fsp3) is 0.385. The van der Waals surface area contributed by atoms with Crippen LogP contribution in [-0.4, -0.2) is 0 Å². The lowest BCUT2D eigenvalue weighted by atomic mass is 10.1. The molecule has 2 aromatic rings. The maximum atomic E-state index is 4.29. The van der Waals surface area contributed by atoms with Crippen LogP contribution in [0.5, 0.6) is 0 Å². The Labute approximate surface area is 111 Å². The van der Waals surface area contributed by atoms with Crippen molar-refractivity contribution in [1.29, 1.82) is 0 Å². The van der Waals surface area contributed by atoms with Crippen LogP contribution in [-0.2, 0) is 18.6 Å². The second-order valence-electron chi connectivity index (χ2n) is 3.81. The van der Waals surface area contributed by atoms with Crippen LogP contribution < -0.4 is 0 Å². The molecule has 16 heavy (non-hydrogen) atoms. The van der Waals surface area contributed by atoms with Gasteiger partial charge in [-0.05, 0) is 49.3 Å². The Morgan fingerprint density at radius 2 is 1.69 bits per heavy atom. The summed E-state index contributed by atoms with van der Waals surface area (Å²) in [4.78, 5) is 4.41. The maximum absolute atomic E-state index is 4.29. The van der Waals surface area contributed by atoms with Gasteiger partial charge in [-0.1, -0.05) is 6.07 Å². The van der Waals surface area contributed by atoms with Gasteiger partial charge < -0.3 is 0 Å². The van der Waals surface area contributed by atoms with E-state index < -0.39 is 0 Å². The predicted molar refractivity (Wildman–Crippen MR) is 78.0 cm³/mol. The average Bonchev–Trinajstić information content (AvgIpc) is 2.95. The SMILES string of the molecule is SCc1ccc(CCCCc2cccs2)s1. The van der Waals surface area contributed by atoms with Gasteiger partial charge in [0.2, 0.25) is 0 Å². The number of aryl methyl sites for hydroxylation is 2. The normalized spacial score (nSPS) is 10.8. The molecule has 0 aliphatic carbocycles. The van der Waals surface area contributed by atoms with E-state index in [1.807, 2.05) is 22.7 Å². The summed E-state index contributed by atoms with van der Waals surface area (Å²) in [5.74, 6) is 0.875. The van der Waals surface area contributed by atoms with E-state index >= 15 is 0 Å². The summed E-state index contributed by atoms with van der Waals surface area (Å²) >= 11 is 8.06. The summed E-state index contributed by atoms with van der Waals surface area (Å²) in [5, 5.41) is 2.16. The van der Waals surface area contributed by atoms with Gasteiger partial charge in [0.1, 0.15) is 0 Å². The Kier molecular flexibility index (Phi) is 4.94. The van der Waals surface area contributed by atoms with Crippen LogP contribution in [0.25, 0.3) is 0 Å². The molecule has 0 spiro atoms. The van der Waals surface area contributed by atoms with Crippen molar-refractivity contribution in [2.75, 3.05) is 0 Å². The number of unbranched alkanes of at least 4 members (excludes halogenated alkanes) is 1. The first-order chi connectivity index (χ1) is 7.88. The summed E-state index contributed by atoms with van der Waals surface area (Å²) in [5.41, 5.74) is 0. The molecule has 0 fully saturated rings. The molecule has 0 radical (unpaired) electrons. The molecular weight excluding hydrogens is 252 g/mol. The topological polar surface area (TPSA) is 0 Å². The zero-order chi connectivity index (χ0) is 11.2. The summed E-state index contributed by atoms with van der Waals surface area (Å²) < 4.78 is 0. The van der Waals surface area contributed by atoms with Crippen molar-refractivity contribution in [2.45, 2.75) is 31.4 Å². The zero-order valence-corrected chi connectivity index (χ0v) is 11.7. The first-order valence-corrected chi connectivity index (χ1v) is 7.92. The Morgan fingerprint density at radius 1 is 0.938 bits per heavy atom. The molecule has 0 atom stereocenters. The Bertz CT molecular complexity index is 400. The molecule has 2 aromatic heterocycles. The lowest BCUT2D eigenvalue weighted by Crippen LogP contribution is -1.84. The first kappa shape index (κ1) is 12.2. The highest BCUT2D eigenvalue weighted by Crippen LogP contribution is 2.20. The fourth-order valence-electron chi connectivity index (χ4n) is 1.69. The molecular formula is C13H16S3. The molecule has 0 aliphatic heterocycles. The third-order valence-electron chi connectivity index (χ3n) is 2.55. The van der Waals surface area contributed by atoms with Gasteiger partial charge in [0.25, 0.3) is 0 Å². The summed E-state index contributed by atoms with van der Waals surface area (Å²) in [7, 11) is 0. The molecule has 0 saturated heterocycles. The largest absolute Gasteiger partial charge is 0.174 e. The average molecular weight is 268 g/mol. The van der Waals surface area contributed by atoms with Crippen molar-refractivity contribution in [1.82, 2.24) is 0 Å². The minimum absolute atomic E-state index is 0.875. The lowest BCUT2D eigenvalue weighted by molar-refractivity contribution is 0.746. The highest BCUT2D eigenvalue weighted by molar-refractivity contribution is 7.79. The Balaban J connectivity index is 1.68. The number of hydrogen-bond acceptors (Lipinski definition) is 3. The Hall–Kier alpha value is -0.250. The summed E-state index contributed by atoms with van der Waals surface area (Å²) in [6, 6.07) is 8.82. The standard InChI is InChI=1S/C13H16S3/c14-10-13-8-7-12(16-13)5-2-1-4-11-6-3-9-15-11/h3,6-9,14H,1-2,4-5,10H2. The molecule has 2 rings (SSSR count). The molecule has 2 heterocycles. The van der Waals surface area contributed by atoms with Crippen LogP contribution in [0.4, 0.5) is 0 Å². The van der Waals surface area contributed by atoms with Gasteiger partial charge in [0.05, 0.1) is 0 Å². The van der Waals surface area contributed by atoms with Crippen LogP contribution in [0, 0.1) is 0 Å². The number of hydrogen-bond donors (Lipinski definition) is 1. The molecule has 86 valence electrons. The Morgan fingerprint density at radius 3 is 2.31 bits per heavy atom. The predicted octanol–water partition coefficient (Wildman–Crippen LogP) is 4.80. The molecule has 0 nitrogen and oxygen atoms in total. The van der Waals surface area contributed by atoms with Crippen LogP contribution in [0.2, 0.25) is 0 Å². The molecule has 3 heteroatoms. The molecule has 0 amide bonds. The molecule has 0 N–H and O–H groups in total. The summed E-state index contributed by atoms with van der Waals surface area (Å²) in [6.07, 6.45) is 5.06. The molecule has 0 aromatic carbocycles. The second-order valence-corrected chi connectivity index (χ2v) is 6.41. The minimum atomic E-state index is 0.875. The van der Waals surface area contributed by atoms with Crippen LogP contribution in [0.15, 0.2) is 29.6 Å². The number of thiophene rings is 2. The fourth-order valence-corrected chi connectivity index (χ4v) is 3.67. The van der Waals surface area contributed by atoms with Crippen molar-refractivity contribution in [2.24, 2.45) is 0 Å². The van der Waals surface area contributed by atoms with Gasteiger partial charge in [-0.15, -0.1) is 22.7 Å². The van der Waals surface area contributed by atoms with E-state index in [-0.39, 0.29) is 0 Å². The molecule has 0 aliphatic rings. The van der Waals surface area contributed by atoms with Gasteiger partial charge in [0, 0.05) is 20.4 Å². The van der Waals surface area contributed by atoms with E-state index in [1.54, 1.807) is 0 Å². The van der Waals surface area contributed by atoms with Crippen molar-refractivity contribution in [3.8, 4) is 0 Å². The van der Waals surface area contributed by atoms with Gasteiger partial charge in [0.15, 0.2) is 0 Å². The highest BCUT2D eigenvalue weighted by Gasteiger charge is 1.99. The smallest absolute Gasteiger partial charge is 0.0248 e. The lowest BCUT2D eigenvalue weighted by Gasteiger charge is -1.97. The second kappa shape index (κ2) is 6.48. The summed E-state index contributed by atoms with van der Waals surface area (Å²) in [6.45, 7) is 0. The molecule has 0 saturated carbocycles. The third-order valence-corrected chi connectivity index (χ3v) is 5.19. The van der Waals surface area contributed by atoms with Crippen molar-refractivity contribution in [3.05, 3.63) is 44.3 Å². The first-order valence-electron chi connectivity index (χ1n) is 5.59. The number of thiol groups is 1. The third kappa shape index (κ3) is 3.65. The van der Waals surface area contributed by atoms with Gasteiger partial charge >= 0.3 is 0 Å². The van der Waals surface area contributed by atoms with E-state index in [0.29, 0.717) is 0 Å². The van der Waals surface area contributed by atoms with Gasteiger partial charge in [-0.25, -0.2) is 0 Å². The van der Waals surface area contributed by atoms with E-state index in [0.717, 1.165) is 5.75 Å². The molecule has 0 unspecified atom stereocenters. The van der Waals surface area contributed by atoms with E-state index in [2.05, 4.69) is 42.3 Å². The molecule has 0 bridgehead atoms. The number of rotatable bonds is 6. The van der Waals surface area contributed by atoms with Crippen LogP contribution >= 0.6 is 35.3 Å². The van der Waals surface area contributed by atoms with E-state index in [1.165, 1.54) is 40.3 Å². The highest BCUT2D eigenvalue weighted by atomic mass is 32.1. The maximum Gasteiger partial charge on any atom is 0.0248 e. The quantitative estimate of drug-likeness (QED) is 0.564. The van der Waals surface area contributed by atoms with Crippen LogP contribution in [0.3, 0.4) is 0 Å². The van der Waals surface area contributed by atoms with Crippen molar-refractivity contribution >= 4 is 35.3 Å². The van der Waals surface area contributed by atoms with Crippen molar-refractivity contribution < 1.29 is 0 Å². The minimum Gasteiger partial charge on any atom is -0.174 e. The van der Waals surface area contributed by atoms with Crippen molar-refractivity contribution in [3.63, 3.8) is 0 Å². The van der Waals surface area contributed by atoms with Gasteiger partial charge in [-0.3, -0.25) is 0 Å².